The molecule has 1 aliphatic heterocycles. The van der Waals surface area contributed by atoms with Gasteiger partial charge in [-0.3, -0.25) is 0 Å². The Bertz CT molecular complexity index is 273. The lowest BCUT2D eigenvalue weighted by atomic mass is 10.3. The molecule has 11 heavy (non-hydrogen) atoms. The Balaban J connectivity index is 2.41. The lowest BCUT2D eigenvalue weighted by Crippen LogP contribution is -1.93. The number of aromatic nitrogens is 1. The van der Waals surface area contributed by atoms with E-state index in [-0.39, 0.29) is 0 Å². The molecule has 0 unspecified atom stereocenters. The second kappa shape index (κ2) is 2.42. The van der Waals surface area contributed by atoms with Crippen LogP contribution in [0.4, 0.5) is 5.82 Å². The highest BCUT2D eigenvalue weighted by molar-refractivity contribution is 5.42. The number of rotatable bonds is 1. The minimum absolute atomic E-state index is 0.773. The van der Waals surface area contributed by atoms with Gasteiger partial charge in [-0.05, 0) is 12.1 Å². The van der Waals surface area contributed by atoms with E-state index in [1.807, 2.05) is 19.2 Å². The minimum Gasteiger partial charge on any atom is -0.491 e. The van der Waals surface area contributed by atoms with Crippen molar-refractivity contribution in [2.45, 2.75) is 6.42 Å². The topological polar surface area (TPSA) is 34.2 Å². The van der Waals surface area contributed by atoms with Crippen molar-refractivity contribution < 1.29 is 4.74 Å². The van der Waals surface area contributed by atoms with Gasteiger partial charge in [0, 0.05) is 13.5 Å². The van der Waals surface area contributed by atoms with Gasteiger partial charge in [-0.15, -0.1) is 0 Å². The second-order valence-corrected chi connectivity index (χ2v) is 2.49. The Morgan fingerprint density at radius 1 is 1.55 bits per heavy atom. The van der Waals surface area contributed by atoms with Gasteiger partial charge in [0.1, 0.15) is 11.6 Å². The maximum atomic E-state index is 5.31. The van der Waals surface area contributed by atoms with Crippen LogP contribution in [0.2, 0.25) is 0 Å². The maximum Gasteiger partial charge on any atom is 0.141 e. The molecule has 0 fully saturated rings. The molecule has 0 atom stereocenters. The number of hydrogen-bond donors (Lipinski definition) is 1. The van der Waals surface area contributed by atoms with Crippen LogP contribution in [0.5, 0.6) is 5.75 Å². The number of hydrogen-bond acceptors (Lipinski definition) is 3. The van der Waals surface area contributed by atoms with Crippen molar-refractivity contribution in [2.75, 3.05) is 19.0 Å². The van der Waals surface area contributed by atoms with Gasteiger partial charge in [-0.2, -0.15) is 0 Å². The average molecular weight is 150 g/mol. The fourth-order valence-electron chi connectivity index (χ4n) is 1.20. The molecular weight excluding hydrogens is 140 g/mol. The highest BCUT2D eigenvalue weighted by Crippen LogP contribution is 2.24. The Hall–Kier alpha value is -1.25. The summed E-state index contributed by atoms with van der Waals surface area (Å²) in [5.74, 6) is 1.85. The van der Waals surface area contributed by atoms with Crippen LogP contribution in [0.15, 0.2) is 12.1 Å². The van der Waals surface area contributed by atoms with E-state index in [2.05, 4.69) is 10.3 Å². The fraction of sp³-hybridized carbons (Fsp3) is 0.375. The summed E-state index contributed by atoms with van der Waals surface area (Å²) in [5.41, 5.74) is 1.07. The number of nitrogens with zero attached hydrogens (tertiary/aromatic N) is 1. The van der Waals surface area contributed by atoms with Gasteiger partial charge < -0.3 is 10.1 Å². The van der Waals surface area contributed by atoms with Gasteiger partial charge in [-0.1, -0.05) is 0 Å². The molecule has 1 aromatic rings. The largest absolute Gasteiger partial charge is 0.491 e. The van der Waals surface area contributed by atoms with E-state index in [0.717, 1.165) is 30.3 Å². The smallest absolute Gasteiger partial charge is 0.141 e. The van der Waals surface area contributed by atoms with Crippen molar-refractivity contribution in [2.24, 2.45) is 0 Å². The summed E-state index contributed by atoms with van der Waals surface area (Å²) in [6, 6.07) is 3.88. The molecule has 1 aromatic heterocycles. The maximum absolute atomic E-state index is 5.31. The van der Waals surface area contributed by atoms with E-state index in [4.69, 9.17) is 4.74 Å². The van der Waals surface area contributed by atoms with Crippen LogP contribution >= 0.6 is 0 Å². The van der Waals surface area contributed by atoms with Crippen molar-refractivity contribution in [3.05, 3.63) is 17.8 Å². The van der Waals surface area contributed by atoms with Crippen molar-refractivity contribution in [1.82, 2.24) is 4.98 Å². The SMILES string of the molecule is CNc1ccc2c(n1)CCO2. The molecule has 58 valence electrons. The summed E-state index contributed by atoms with van der Waals surface area (Å²) in [6.45, 7) is 0.773. The van der Waals surface area contributed by atoms with Crippen LogP contribution < -0.4 is 10.1 Å². The first-order chi connectivity index (χ1) is 5.40. The standard InChI is InChI=1S/C8H10N2O/c1-9-8-3-2-7-6(10-8)4-5-11-7/h2-3H,4-5H2,1H3,(H,9,10). The molecule has 0 bridgehead atoms. The third-order valence-electron chi connectivity index (χ3n) is 1.78. The highest BCUT2D eigenvalue weighted by Gasteiger charge is 2.12. The van der Waals surface area contributed by atoms with Gasteiger partial charge in [-0.25, -0.2) is 4.98 Å². The van der Waals surface area contributed by atoms with Crippen molar-refractivity contribution >= 4 is 5.82 Å². The number of pyridine rings is 1. The average Bonchev–Trinajstić information content (AvgIpc) is 2.50. The molecule has 2 rings (SSSR count). The van der Waals surface area contributed by atoms with Crippen LogP contribution in [-0.2, 0) is 6.42 Å². The molecule has 3 heteroatoms. The van der Waals surface area contributed by atoms with Gasteiger partial charge >= 0.3 is 0 Å². The number of ether oxygens (including phenoxy) is 1. The quantitative estimate of drug-likeness (QED) is 0.650. The van der Waals surface area contributed by atoms with Crippen molar-refractivity contribution in [1.29, 1.82) is 0 Å². The Labute approximate surface area is 65.4 Å². The summed E-state index contributed by atoms with van der Waals surface area (Å²) < 4.78 is 5.31. The Morgan fingerprint density at radius 2 is 2.45 bits per heavy atom. The highest BCUT2D eigenvalue weighted by atomic mass is 16.5. The zero-order valence-corrected chi connectivity index (χ0v) is 6.42. The molecular formula is C8H10N2O. The van der Waals surface area contributed by atoms with E-state index < -0.39 is 0 Å². The first kappa shape index (κ1) is 6.46. The minimum atomic E-state index is 0.773. The predicted molar refractivity (Wildman–Crippen MR) is 43.0 cm³/mol. The molecule has 0 radical (unpaired) electrons. The summed E-state index contributed by atoms with van der Waals surface area (Å²) in [6.07, 6.45) is 0.935. The van der Waals surface area contributed by atoms with Gasteiger partial charge in [0.2, 0.25) is 0 Å². The summed E-state index contributed by atoms with van der Waals surface area (Å²) in [5, 5.41) is 2.99. The van der Waals surface area contributed by atoms with E-state index in [9.17, 15) is 0 Å². The zero-order chi connectivity index (χ0) is 7.68. The van der Waals surface area contributed by atoms with E-state index in [0.29, 0.717) is 0 Å². The molecule has 0 amide bonds. The van der Waals surface area contributed by atoms with Crippen molar-refractivity contribution in [3.63, 3.8) is 0 Å². The number of nitrogens with one attached hydrogen (secondary N) is 1. The third-order valence-corrected chi connectivity index (χ3v) is 1.78. The Morgan fingerprint density at radius 3 is 3.27 bits per heavy atom. The van der Waals surface area contributed by atoms with Crippen LogP contribution in [0, 0.1) is 0 Å². The van der Waals surface area contributed by atoms with E-state index in [1.54, 1.807) is 0 Å². The van der Waals surface area contributed by atoms with Gasteiger partial charge in [0.05, 0.1) is 12.3 Å². The van der Waals surface area contributed by atoms with E-state index >= 15 is 0 Å². The number of anilines is 1. The molecule has 1 N–H and O–H groups in total. The summed E-state index contributed by atoms with van der Waals surface area (Å²) in [7, 11) is 1.87. The first-order valence-electron chi connectivity index (χ1n) is 3.70. The molecule has 0 aliphatic carbocycles. The van der Waals surface area contributed by atoms with Gasteiger partial charge in [0.25, 0.3) is 0 Å². The molecule has 0 spiro atoms. The second-order valence-electron chi connectivity index (χ2n) is 2.49. The van der Waals surface area contributed by atoms with Crippen LogP contribution in [0.1, 0.15) is 5.69 Å². The number of fused-ring (bicyclic) bond motifs is 1. The monoisotopic (exact) mass is 150 g/mol. The molecule has 3 nitrogen and oxygen atoms in total. The van der Waals surface area contributed by atoms with Crippen LogP contribution in [-0.4, -0.2) is 18.6 Å². The fourth-order valence-corrected chi connectivity index (χ4v) is 1.20. The molecule has 0 aromatic carbocycles. The third kappa shape index (κ3) is 1.02. The lowest BCUT2D eigenvalue weighted by Gasteiger charge is -2.00. The van der Waals surface area contributed by atoms with Crippen LogP contribution in [0.3, 0.4) is 0 Å². The van der Waals surface area contributed by atoms with Crippen molar-refractivity contribution in [3.8, 4) is 5.75 Å². The molecule has 0 saturated carbocycles. The normalized spacial score (nSPS) is 13.9. The zero-order valence-electron chi connectivity index (χ0n) is 6.42. The molecule has 1 aliphatic rings. The van der Waals surface area contributed by atoms with E-state index in [1.165, 1.54) is 0 Å². The van der Waals surface area contributed by atoms with Crippen LogP contribution in [0.25, 0.3) is 0 Å². The lowest BCUT2D eigenvalue weighted by molar-refractivity contribution is 0.357. The predicted octanol–water partition coefficient (Wildman–Crippen LogP) is 1.06. The summed E-state index contributed by atoms with van der Waals surface area (Å²) >= 11 is 0. The van der Waals surface area contributed by atoms with Gasteiger partial charge in [0.15, 0.2) is 0 Å². The molecule has 0 saturated heterocycles. The first-order valence-corrected chi connectivity index (χ1v) is 3.70. The Kier molecular flexibility index (Phi) is 1.42. The summed E-state index contributed by atoms with van der Waals surface area (Å²) in [4.78, 5) is 4.34. The molecule has 2 heterocycles.